The maximum absolute atomic E-state index is 5.32. The zero-order valence-corrected chi connectivity index (χ0v) is 10.3. The lowest BCUT2D eigenvalue weighted by molar-refractivity contribution is 0.122. The average molecular weight is 282 g/mol. The third-order valence-electron chi connectivity index (χ3n) is 2.74. The van der Waals surface area contributed by atoms with Crippen LogP contribution in [0.25, 0.3) is 11.0 Å². The number of anilines is 1. The van der Waals surface area contributed by atoms with Crippen molar-refractivity contribution in [1.82, 2.24) is 9.97 Å². The number of benzene rings is 1. The molecule has 2 heterocycles. The second-order valence-electron chi connectivity index (χ2n) is 3.82. The summed E-state index contributed by atoms with van der Waals surface area (Å²) in [7, 11) is 0. The molecule has 4 nitrogen and oxygen atoms in total. The van der Waals surface area contributed by atoms with Gasteiger partial charge in [0, 0.05) is 17.6 Å². The Labute approximate surface area is 102 Å². The number of aromatic amines is 1. The summed E-state index contributed by atoms with van der Waals surface area (Å²) < 4.78 is 6.39. The summed E-state index contributed by atoms with van der Waals surface area (Å²) in [6.45, 7) is 3.36. The first-order chi connectivity index (χ1) is 7.83. The lowest BCUT2D eigenvalue weighted by Crippen LogP contribution is -2.36. The first kappa shape index (κ1) is 10.1. The van der Waals surface area contributed by atoms with Crippen LogP contribution in [0.4, 0.5) is 5.95 Å². The highest BCUT2D eigenvalue weighted by atomic mass is 79.9. The van der Waals surface area contributed by atoms with E-state index in [1.165, 1.54) is 0 Å². The van der Waals surface area contributed by atoms with E-state index in [9.17, 15) is 0 Å². The highest BCUT2D eigenvalue weighted by molar-refractivity contribution is 9.10. The van der Waals surface area contributed by atoms with Gasteiger partial charge in [-0.3, -0.25) is 0 Å². The number of nitrogens with zero attached hydrogens (tertiary/aromatic N) is 2. The van der Waals surface area contributed by atoms with Crippen molar-refractivity contribution in [2.24, 2.45) is 0 Å². The highest BCUT2D eigenvalue weighted by Crippen LogP contribution is 2.21. The fourth-order valence-electron chi connectivity index (χ4n) is 1.89. The first-order valence-corrected chi connectivity index (χ1v) is 6.10. The molecule has 3 rings (SSSR count). The molecule has 0 unspecified atom stereocenters. The fraction of sp³-hybridized carbons (Fsp3) is 0.364. The molecular weight excluding hydrogens is 270 g/mol. The van der Waals surface area contributed by atoms with Crippen LogP contribution in [0.3, 0.4) is 0 Å². The number of fused-ring (bicyclic) bond motifs is 1. The van der Waals surface area contributed by atoms with Gasteiger partial charge in [0.25, 0.3) is 0 Å². The number of aromatic nitrogens is 2. The average Bonchev–Trinajstić information content (AvgIpc) is 2.73. The number of ether oxygens (including phenoxy) is 1. The van der Waals surface area contributed by atoms with Crippen LogP contribution in [0.1, 0.15) is 0 Å². The van der Waals surface area contributed by atoms with Crippen molar-refractivity contribution in [3.05, 3.63) is 22.7 Å². The maximum atomic E-state index is 5.32. The van der Waals surface area contributed by atoms with Crippen molar-refractivity contribution in [3.8, 4) is 0 Å². The molecule has 0 spiro atoms. The van der Waals surface area contributed by atoms with Gasteiger partial charge in [-0.25, -0.2) is 4.98 Å². The molecule has 1 aliphatic heterocycles. The Balaban J connectivity index is 1.97. The summed E-state index contributed by atoms with van der Waals surface area (Å²) in [5.41, 5.74) is 2.07. The van der Waals surface area contributed by atoms with Crippen molar-refractivity contribution >= 4 is 32.9 Å². The summed E-state index contributed by atoms with van der Waals surface area (Å²) >= 11 is 3.46. The Kier molecular flexibility index (Phi) is 2.57. The number of imidazole rings is 1. The van der Waals surface area contributed by atoms with E-state index in [2.05, 4.69) is 30.8 Å². The number of rotatable bonds is 1. The predicted molar refractivity (Wildman–Crippen MR) is 66.8 cm³/mol. The van der Waals surface area contributed by atoms with E-state index in [-0.39, 0.29) is 0 Å². The third-order valence-corrected chi connectivity index (χ3v) is 3.24. The monoisotopic (exact) mass is 281 g/mol. The second-order valence-corrected chi connectivity index (χ2v) is 4.74. The standard InChI is InChI=1S/C11H12BrN3O/c12-8-1-2-9-10(7-8)14-11(13-9)15-3-5-16-6-4-15/h1-2,7H,3-6H2,(H,13,14). The van der Waals surface area contributed by atoms with Gasteiger partial charge in [-0.1, -0.05) is 15.9 Å². The molecule has 0 bridgehead atoms. The van der Waals surface area contributed by atoms with Gasteiger partial charge in [0.2, 0.25) is 5.95 Å². The van der Waals surface area contributed by atoms with Gasteiger partial charge >= 0.3 is 0 Å². The van der Waals surface area contributed by atoms with E-state index in [4.69, 9.17) is 4.74 Å². The van der Waals surface area contributed by atoms with Gasteiger partial charge in [-0.2, -0.15) is 0 Å². The van der Waals surface area contributed by atoms with Gasteiger partial charge in [0.05, 0.1) is 24.2 Å². The van der Waals surface area contributed by atoms with Crippen LogP contribution in [0.2, 0.25) is 0 Å². The number of halogens is 1. The molecule has 1 N–H and O–H groups in total. The topological polar surface area (TPSA) is 41.2 Å². The minimum atomic E-state index is 0.779. The zero-order chi connectivity index (χ0) is 11.0. The molecule has 84 valence electrons. The van der Waals surface area contributed by atoms with E-state index in [1.807, 2.05) is 18.2 Å². The molecule has 1 aliphatic rings. The van der Waals surface area contributed by atoms with E-state index in [0.29, 0.717) is 0 Å². The van der Waals surface area contributed by atoms with E-state index in [0.717, 1.165) is 47.8 Å². The minimum absolute atomic E-state index is 0.779. The van der Waals surface area contributed by atoms with Crippen LogP contribution in [-0.2, 0) is 4.74 Å². The van der Waals surface area contributed by atoms with Gasteiger partial charge in [0.15, 0.2) is 0 Å². The highest BCUT2D eigenvalue weighted by Gasteiger charge is 2.14. The molecule has 0 amide bonds. The van der Waals surface area contributed by atoms with Crippen molar-refractivity contribution in [2.45, 2.75) is 0 Å². The largest absolute Gasteiger partial charge is 0.378 e. The van der Waals surface area contributed by atoms with E-state index < -0.39 is 0 Å². The lowest BCUT2D eigenvalue weighted by Gasteiger charge is -2.26. The number of hydrogen-bond acceptors (Lipinski definition) is 3. The van der Waals surface area contributed by atoms with Crippen molar-refractivity contribution in [2.75, 3.05) is 31.2 Å². The van der Waals surface area contributed by atoms with Crippen LogP contribution in [-0.4, -0.2) is 36.3 Å². The van der Waals surface area contributed by atoms with Crippen LogP contribution in [0.5, 0.6) is 0 Å². The Morgan fingerprint density at radius 1 is 1.31 bits per heavy atom. The molecule has 1 aromatic heterocycles. The minimum Gasteiger partial charge on any atom is -0.378 e. The number of nitrogens with one attached hydrogen (secondary N) is 1. The summed E-state index contributed by atoms with van der Waals surface area (Å²) in [6.07, 6.45) is 0. The Bertz CT molecular complexity index is 505. The quantitative estimate of drug-likeness (QED) is 0.871. The molecule has 1 aromatic carbocycles. The molecular formula is C11H12BrN3O. The van der Waals surface area contributed by atoms with Crippen molar-refractivity contribution < 1.29 is 4.74 Å². The molecule has 0 atom stereocenters. The predicted octanol–water partition coefficient (Wildman–Crippen LogP) is 2.16. The molecule has 5 heteroatoms. The molecule has 16 heavy (non-hydrogen) atoms. The fourth-order valence-corrected chi connectivity index (χ4v) is 2.25. The lowest BCUT2D eigenvalue weighted by atomic mass is 10.3. The van der Waals surface area contributed by atoms with Gasteiger partial charge in [0.1, 0.15) is 0 Å². The molecule has 1 saturated heterocycles. The molecule has 0 radical (unpaired) electrons. The first-order valence-electron chi connectivity index (χ1n) is 5.31. The van der Waals surface area contributed by atoms with Gasteiger partial charge in [-0.05, 0) is 18.2 Å². The number of morpholine rings is 1. The summed E-state index contributed by atoms with van der Waals surface area (Å²) in [5, 5.41) is 0. The van der Waals surface area contributed by atoms with E-state index >= 15 is 0 Å². The van der Waals surface area contributed by atoms with Gasteiger partial charge < -0.3 is 14.6 Å². The van der Waals surface area contributed by atoms with Crippen LogP contribution >= 0.6 is 15.9 Å². The van der Waals surface area contributed by atoms with Crippen LogP contribution in [0, 0.1) is 0 Å². The summed E-state index contributed by atoms with van der Waals surface area (Å²) in [5.74, 6) is 0.941. The summed E-state index contributed by atoms with van der Waals surface area (Å²) in [6, 6.07) is 6.07. The third kappa shape index (κ3) is 1.81. The number of H-pyrrole nitrogens is 1. The molecule has 1 fully saturated rings. The Hall–Kier alpha value is -1.07. The molecule has 0 aliphatic carbocycles. The van der Waals surface area contributed by atoms with Crippen molar-refractivity contribution in [1.29, 1.82) is 0 Å². The molecule has 2 aromatic rings. The Morgan fingerprint density at radius 3 is 2.94 bits per heavy atom. The van der Waals surface area contributed by atoms with E-state index in [1.54, 1.807) is 0 Å². The zero-order valence-electron chi connectivity index (χ0n) is 8.74. The maximum Gasteiger partial charge on any atom is 0.203 e. The van der Waals surface area contributed by atoms with Crippen LogP contribution < -0.4 is 4.90 Å². The SMILES string of the molecule is Brc1ccc2nc(N3CCOCC3)[nH]c2c1. The normalized spacial score (nSPS) is 16.9. The van der Waals surface area contributed by atoms with Crippen LogP contribution in [0.15, 0.2) is 22.7 Å². The number of hydrogen-bond donors (Lipinski definition) is 1. The Morgan fingerprint density at radius 2 is 2.12 bits per heavy atom. The molecule has 0 saturated carbocycles. The summed E-state index contributed by atoms with van der Waals surface area (Å²) in [4.78, 5) is 10.1. The van der Waals surface area contributed by atoms with Crippen molar-refractivity contribution in [3.63, 3.8) is 0 Å². The smallest absolute Gasteiger partial charge is 0.203 e. The second kappa shape index (κ2) is 4.07. The van der Waals surface area contributed by atoms with Gasteiger partial charge in [-0.15, -0.1) is 0 Å².